The highest BCUT2D eigenvalue weighted by molar-refractivity contribution is 8.13. The van der Waals surface area contributed by atoms with E-state index in [4.69, 9.17) is 15.4 Å². The van der Waals surface area contributed by atoms with Crippen LogP contribution in [-0.4, -0.2) is 38.6 Å². The molecule has 1 heterocycles. The van der Waals surface area contributed by atoms with Gasteiger partial charge in [-0.15, -0.1) is 0 Å². The van der Waals surface area contributed by atoms with E-state index in [2.05, 4.69) is 10.3 Å². The molecule has 0 radical (unpaired) electrons. The van der Waals surface area contributed by atoms with Gasteiger partial charge < -0.3 is 15.0 Å². The fourth-order valence-corrected chi connectivity index (χ4v) is 1.93. The highest BCUT2D eigenvalue weighted by atomic mass is 35.7. The number of hydrogen-bond donors (Lipinski definition) is 2. The minimum absolute atomic E-state index is 0.0976. The van der Waals surface area contributed by atoms with Crippen LogP contribution in [0.5, 0.6) is 0 Å². The molecule has 0 aliphatic carbocycles. The molecule has 6 nitrogen and oxygen atoms in total. The molecule has 0 spiro atoms. The molecule has 0 saturated heterocycles. The SMILES string of the molecule is CC(C)OCCNC(=O)c1cc(S(=O)(=O)Cl)c[nH]1. The van der Waals surface area contributed by atoms with Crippen molar-refractivity contribution in [3.63, 3.8) is 0 Å². The Labute approximate surface area is 110 Å². The lowest BCUT2D eigenvalue weighted by molar-refractivity contribution is 0.0745. The Morgan fingerprint density at radius 3 is 2.72 bits per heavy atom. The van der Waals surface area contributed by atoms with E-state index in [9.17, 15) is 13.2 Å². The van der Waals surface area contributed by atoms with Gasteiger partial charge in [0.05, 0.1) is 12.7 Å². The molecule has 0 saturated carbocycles. The summed E-state index contributed by atoms with van der Waals surface area (Å²) >= 11 is 0. The van der Waals surface area contributed by atoms with Crippen LogP contribution in [0.4, 0.5) is 0 Å². The standard InChI is InChI=1S/C10H15ClN2O4S/c1-7(2)17-4-3-12-10(14)9-5-8(6-13-9)18(11,15)16/h5-7,13H,3-4H2,1-2H3,(H,12,14). The fraction of sp³-hybridized carbons (Fsp3) is 0.500. The van der Waals surface area contributed by atoms with Gasteiger partial charge in [0.2, 0.25) is 0 Å². The summed E-state index contributed by atoms with van der Waals surface area (Å²) in [5.74, 6) is -0.408. The Kier molecular flexibility index (Phi) is 5.18. The van der Waals surface area contributed by atoms with Crippen LogP contribution < -0.4 is 5.32 Å². The molecule has 1 aromatic rings. The lowest BCUT2D eigenvalue weighted by atomic mass is 10.4. The number of carbonyl (C=O) groups excluding carboxylic acids is 1. The zero-order valence-corrected chi connectivity index (χ0v) is 11.6. The van der Waals surface area contributed by atoms with Crippen LogP contribution in [-0.2, 0) is 13.8 Å². The van der Waals surface area contributed by atoms with Crippen molar-refractivity contribution in [1.82, 2.24) is 10.3 Å². The van der Waals surface area contributed by atoms with Crippen molar-refractivity contribution in [1.29, 1.82) is 0 Å². The van der Waals surface area contributed by atoms with Gasteiger partial charge in [-0.25, -0.2) is 8.42 Å². The van der Waals surface area contributed by atoms with Crippen molar-refractivity contribution in [3.05, 3.63) is 18.0 Å². The van der Waals surface area contributed by atoms with Gasteiger partial charge in [0.15, 0.2) is 0 Å². The summed E-state index contributed by atoms with van der Waals surface area (Å²) < 4.78 is 27.2. The quantitative estimate of drug-likeness (QED) is 0.607. The average molecular weight is 295 g/mol. The van der Waals surface area contributed by atoms with Crippen LogP contribution >= 0.6 is 10.7 Å². The van der Waals surface area contributed by atoms with E-state index in [1.54, 1.807) is 0 Å². The van der Waals surface area contributed by atoms with Gasteiger partial charge in [0.1, 0.15) is 10.6 Å². The molecule has 0 unspecified atom stereocenters. The lowest BCUT2D eigenvalue weighted by Gasteiger charge is -2.07. The summed E-state index contributed by atoms with van der Waals surface area (Å²) in [7, 11) is 1.32. The minimum Gasteiger partial charge on any atom is -0.377 e. The zero-order chi connectivity index (χ0) is 13.8. The molecule has 2 N–H and O–H groups in total. The van der Waals surface area contributed by atoms with Gasteiger partial charge in [-0.2, -0.15) is 0 Å². The number of amides is 1. The minimum atomic E-state index is -3.82. The number of aromatic nitrogens is 1. The van der Waals surface area contributed by atoms with Gasteiger partial charge in [-0.1, -0.05) is 0 Å². The van der Waals surface area contributed by atoms with Crippen LogP contribution in [0.3, 0.4) is 0 Å². The Morgan fingerprint density at radius 2 is 2.22 bits per heavy atom. The third-order valence-corrected chi connectivity index (χ3v) is 3.35. The topological polar surface area (TPSA) is 88.3 Å². The van der Waals surface area contributed by atoms with E-state index in [1.165, 1.54) is 12.3 Å². The van der Waals surface area contributed by atoms with Gasteiger partial charge >= 0.3 is 0 Å². The summed E-state index contributed by atoms with van der Waals surface area (Å²) in [6.07, 6.45) is 1.27. The molecule has 0 fully saturated rings. The Balaban J connectivity index is 2.50. The van der Waals surface area contributed by atoms with Crippen LogP contribution in [0.15, 0.2) is 17.2 Å². The van der Waals surface area contributed by atoms with E-state index < -0.39 is 15.0 Å². The Hall–Kier alpha value is -1.05. The lowest BCUT2D eigenvalue weighted by Crippen LogP contribution is -2.28. The van der Waals surface area contributed by atoms with Crippen molar-refractivity contribution in [3.8, 4) is 0 Å². The summed E-state index contributed by atoms with van der Waals surface area (Å²) in [6.45, 7) is 4.53. The highest BCUT2D eigenvalue weighted by Crippen LogP contribution is 2.15. The monoisotopic (exact) mass is 294 g/mol. The van der Waals surface area contributed by atoms with E-state index >= 15 is 0 Å². The smallest absolute Gasteiger partial charge is 0.267 e. The maximum atomic E-state index is 11.6. The van der Waals surface area contributed by atoms with Gasteiger partial charge in [0.25, 0.3) is 15.0 Å². The molecule has 8 heteroatoms. The van der Waals surface area contributed by atoms with Crippen molar-refractivity contribution in [2.45, 2.75) is 24.8 Å². The summed E-state index contributed by atoms with van der Waals surface area (Å²) in [6, 6.07) is 1.18. The second-order valence-electron chi connectivity index (χ2n) is 3.86. The predicted octanol–water partition coefficient (Wildman–Crippen LogP) is 1.10. The predicted molar refractivity (Wildman–Crippen MR) is 67.3 cm³/mol. The molecule has 1 amide bonds. The molecule has 102 valence electrons. The number of rotatable bonds is 6. The number of nitrogens with one attached hydrogen (secondary N) is 2. The van der Waals surface area contributed by atoms with Crippen molar-refractivity contribution in [2.75, 3.05) is 13.2 Å². The number of ether oxygens (including phenoxy) is 1. The molecule has 0 bridgehead atoms. The second-order valence-corrected chi connectivity index (χ2v) is 6.43. The third kappa shape index (κ3) is 4.67. The average Bonchev–Trinajstić information content (AvgIpc) is 2.72. The largest absolute Gasteiger partial charge is 0.377 e. The number of carbonyl (C=O) groups is 1. The first-order valence-corrected chi connectivity index (χ1v) is 7.64. The zero-order valence-electron chi connectivity index (χ0n) is 10.1. The molecule has 0 aromatic carbocycles. The van der Waals surface area contributed by atoms with Crippen molar-refractivity contribution in [2.24, 2.45) is 0 Å². The summed E-state index contributed by atoms with van der Waals surface area (Å²) in [4.78, 5) is 14.0. The normalized spacial score (nSPS) is 11.8. The Morgan fingerprint density at radius 1 is 1.56 bits per heavy atom. The Bertz CT molecular complexity index is 510. The third-order valence-electron chi connectivity index (χ3n) is 2.02. The molecule has 18 heavy (non-hydrogen) atoms. The van der Waals surface area contributed by atoms with Gasteiger partial charge in [-0.05, 0) is 19.9 Å². The number of halogens is 1. The van der Waals surface area contributed by atoms with Gasteiger partial charge in [0, 0.05) is 23.4 Å². The molecular formula is C10H15ClN2O4S. The maximum Gasteiger partial charge on any atom is 0.267 e. The van der Waals surface area contributed by atoms with Crippen LogP contribution in [0.2, 0.25) is 0 Å². The molecule has 0 aliphatic rings. The summed E-state index contributed by atoms with van der Waals surface area (Å²) in [5, 5.41) is 2.59. The van der Waals surface area contributed by atoms with E-state index in [0.29, 0.717) is 13.2 Å². The first-order chi connectivity index (χ1) is 8.30. The molecule has 0 aliphatic heterocycles. The highest BCUT2D eigenvalue weighted by Gasteiger charge is 2.15. The fourth-order valence-electron chi connectivity index (χ4n) is 1.20. The van der Waals surface area contributed by atoms with E-state index in [-0.39, 0.29) is 16.7 Å². The molecule has 0 atom stereocenters. The van der Waals surface area contributed by atoms with E-state index in [1.807, 2.05) is 13.8 Å². The first kappa shape index (κ1) is 15.0. The van der Waals surface area contributed by atoms with Crippen molar-refractivity contribution < 1.29 is 17.9 Å². The van der Waals surface area contributed by atoms with Crippen molar-refractivity contribution >= 4 is 25.6 Å². The molecule has 1 rings (SSSR count). The molecular weight excluding hydrogens is 280 g/mol. The van der Waals surface area contributed by atoms with Crippen LogP contribution in [0.25, 0.3) is 0 Å². The first-order valence-electron chi connectivity index (χ1n) is 5.33. The number of aromatic amines is 1. The second kappa shape index (κ2) is 6.21. The van der Waals surface area contributed by atoms with Gasteiger partial charge in [-0.3, -0.25) is 4.79 Å². The summed E-state index contributed by atoms with van der Waals surface area (Å²) in [5.41, 5.74) is 0.138. The van der Waals surface area contributed by atoms with E-state index in [0.717, 1.165) is 0 Å². The van der Waals surface area contributed by atoms with Crippen LogP contribution in [0.1, 0.15) is 24.3 Å². The maximum absolute atomic E-state index is 11.6. The van der Waals surface area contributed by atoms with Crippen LogP contribution in [0, 0.1) is 0 Å². The number of H-pyrrole nitrogens is 1. The number of hydrogen-bond acceptors (Lipinski definition) is 4. The molecule has 1 aromatic heterocycles.